The number of hydrogen-bond donors (Lipinski definition) is 1. The van der Waals surface area contributed by atoms with Crippen molar-refractivity contribution < 1.29 is 13.9 Å². The molecule has 0 aliphatic rings. The van der Waals surface area contributed by atoms with Gasteiger partial charge < -0.3 is 14.8 Å². The van der Waals surface area contributed by atoms with Crippen molar-refractivity contribution in [2.75, 3.05) is 27.9 Å². The normalized spacial score (nSPS) is 12.5. The Morgan fingerprint density at radius 2 is 2.12 bits per heavy atom. The second-order valence-electron chi connectivity index (χ2n) is 3.91. The van der Waals surface area contributed by atoms with Crippen molar-refractivity contribution in [2.45, 2.75) is 18.9 Å². The largest absolute Gasteiger partial charge is 0.494 e. The number of hydrogen-bond acceptors (Lipinski definition) is 3. The molecule has 96 valence electrons. The van der Waals surface area contributed by atoms with E-state index in [0.717, 1.165) is 6.42 Å². The molecule has 4 heteroatoms. The van der Waals surface area contributed by atoms with Crippen molar-refractivity contribution in [1.82, 2.24) is 5.32 Å². The van der Waals surface area contributed by atoms with Gasteiger partial charge in [0.2, 0.25) is 0 Å². The molecular formula is C13H20FNO2. The fourth-order valence-electron chi connectivity index (χ4n) is 1.75. The van der Waals surface area contributed by atoms with Crippen molar-refractivity contribution in [3.8, 4) is 5.75 Å². The Morgan fingerprint density at radius 3 is 2.71 bits per heavy atom. The molecule has 3 nitrogen and oxygen atoms in total. The summed E-state index contributed by atoms with van der Waals surface area (Å²) >= 11 is 0. The summed E-state index contributed by atoms with van der Waals surface area (Å²) in [5.41, 5.74) is 0.681. The third kappa shape index (κ3) is 3.98. The molecule has 0 radical (unpaired) electrons. The third-order valence-corrected chi connectivity index (χ3v) is 2.80. The summed E-state index contributed by atoms with van der Waals surface area (Å²) in [5.74, 6) is 0.0394. The molecule has 0 aliphatic heterocycles. The highest BCUT2D eigenvalue weighted by Gasteiger charge is 2.11. The van der Waals surface area contributed by atoms with Gasteiger partial charge in [0.05, 0.1) is 13.7 Å². The molecule has 1 atom stereocenters. The lowest BCUT2D eigenvalue weighted by Crippen LogP contribution is -2.30. The van der Waals surface area contributed by atoms with E-state index in [9.17, 15) is 4.39 Å². The van der Waals surface area contributed by atoms with Crippen LogP contribution in [-0.2, 0) is 11.2 Å². The lowest BCUT2D eigenvalue weighted by atomic mass is 10.0. The first-order chi connectivity index (χ1) is 8.22. The van der Waals surface area contributed by atoms with E-state index in [0.29, 0.717) is 24.3 Å². The predicted molar refractivity (Wildman–Crippen MR) is 66.0 cm³/mol. The van der Waals surface area contributed by atoms with Gasteiger partial charge in [0, 0.05) is 13.2 Å². The van der Waals surface area contributed by atoms with E-state index in [-0.39, 0.29) is 11.9 Å². The zero-order chi connectivity index (χ0) is 12.7. The monoisotopic (exact) mass is 241 g/mol. The molecule has 0 aliphatic carbocycles. The zero-order valence-electron chi connectivity index (χ0n) is 10.6. The van der Waals surface area contributed by atoms with Crippen molar-refractivity contribution in [3.05, 3.63) is 29.6 Å². The van der Waals surface area contributed by atoms with Crippen LogP contribution in [0.1, 0.15) is 12.0 Å². The van der Waals surface area contributed by atoms with E-state index >= 15 is 0 Å². The van der Waals surface area contributed by atoms with Crippen LogP contribution in [0.2, 0.25) is 0 Å². The summed E-state index contributed by atoms with van der Waals surface area (Å²) in [6.07, 6.45) is 1.49. The second kappa shape index (κ2) is 7.25. The number of nitrogens with one attached hydrogen (secondary N) is 1. The number of benzene rings is 1. The summed E-state index contributed by atoms with van der Waals surface area (Å²) in [4.78, 5) is 0. The first-order valence-corrected chi connectivity index (χ1v) is 5.70. The molecule has 0 heterocycles. The summed E-state index contributed by atoms with van der Waals surface area (Å²) in [6.45, 7) is 0.627. The highest BCUT2D eigenvalue weighted by molar-refractivity contribution is 5.31. The second-order valence-corrected chi connectivity index (χ2v) is 3.91. The Kier molecular flexibility index (Phi) is 5.94. The molecule has 1 unspecified atom stereocenters. The van der Waals surface area contributed by atoms with Gasteiger partial charge in [0.1, 0.15) is 0 Å². The third-order valence-electron chi connectivity index (χ3n) is 2.80. The molecule has 1 aromatic rings. The van der Waals surface area contributed by atoms with Gasteiger partial charge in [-0.25, -0.2) is 4.39 Å². The van der Waals surface area contributed by atoms with Crippen molar-refractivity contribution >= 4 is 0 Å². The average molecular weight is 241 g/mol. The van der Waals surface area contributed by atoms with Gasteiger partial charge in [0.25, 0.3) is 0 Å². The maximum atomic E-state index is 13.8. The Hall–Kier alpha value is -1.13. The molecular weight excluding hydrogens is 221 g/mol. The molecule has 1 N–H and O–H groups in total. The summed E-state index contributed by atoms with van der Waals surface area (Å²) < 4.78 is 23.9. The zero-order valence-corrected chi connectivity index (χ0v) is 10.6. The summed E-state index contributed by atoms with van der Waals surface area (Å²) in [7, 11) is 5.02. The predicted octanol–water partition coefficient (Wildman–Crippen LogP) is 2.00. The Bertz CT molecular complexity index is 344. The van der Waals surface area contributed by atoms with Crippen molar-refractivity contribution in [2.24, 2.45) is 0 Å². The standard InChI is InChI=1S/C13H20FNO2/c1-15-11(9-16-2)8-7-10-5-4-6-12(17-3)13(10)14/h4-6,11,15H,7-9H2,1-3H3. The van der Waals surface area contributed by atoms with Crippen LogP contribution in [0.5, 0.6) is 5.75 Å². The molecule has 0 saturated carbocycles. The fraction of sp³-hybridized carbons (Fsp3) is 0.538. The minimum Gasteiger partial charge on any atom is -0.494 e. The minimum atomic E-state index is -0.262. The van der Waals surface area contributed by atoms with E-state index in [1.54, 1.807) is 19.2 Å². The van der Waals surface area contributed by atoms with Crippen LogP contribution in [0.3, 0.4) is 0 Å². The van der Waals surface area contributed by atoms with Crippen LogP contribution in [0, 0.1) is 5.82 Å². The maximum absolute atomic E-state index is 13.8. The van der Waals surface area contributed by atoms with Crippen LogP contribution in [0.25, 0.3) is 0 Å². The van der Waals surface area contributed by atoms with Crippen LogP contribution >= 0.6 is 0 Å². The lowest BCUT2D eigenvalue weighted by molar-refractivity contribution is 0.166. The van der Waals surface area contributed by atoms with Gasteiger partial charge in [-0.1, -0.05) is 12.1 Å². The molecule has 0 amide bonds. The van der Waals surface area contributed by atoms with Crippen LogP contribution in [0.4, 0.5) is 4.39 Å². The van der Waals surface area contributed by atoms with E-state index in [1.165, 1.54) is 7.11 Å². The first kappa shape index (κ1) is 13.9. The van der Waals surface area contributed by atoms with Crippen molar-refractivity contribution in [1.29, 1.82) is 0 Å². The van der Waals surface area contributed by atoms with Crippen LogP contribution in [0.15, 0.2) is 18.2 Å². The van der Waals surface area contributed by atoms with Gasteiger partial charge in [-0.05, 0) is 31.5 Å². The highest BCUT2D eigenvalue weighted by atomic mass is 19.1. The number of aryl methyl sites for hydroxylation is 1. The SMILES string of the molecule is CNC(CCc1cccc(OC)c1F)COC. The number of ether oxygens (including phenoxy) is 2. The van der Waals surface area contributed by atoms with Gasteiger partial charge >= 0.3 is 0 Å². The quantitative estimate of drug-likeness (QED) is 0.792. The van der Waals surface area contributed by atoms with Gasteiger partial charge in [0.15, 0.2) is 11.6 Å². The van der Waals surface area contributed by atoms with Crippen molar-refractivity contribution in [3.63, 3.8) is 0 Å². The maximum Gasteiger partial charge on any atom is 0.168 e. The Labute approximate surface area is 102 Å². The minimum absolute atomic E-state index is 0.241. The van der Waals surface area contributed by atoms with E-state index in [1.807, 2.05) is 13.1 Å². The van der Waals surface area contributed by atoms with E-state index < -0.39 is 0 Å². The summed E-state index contributed by atoms with van der Waals surface area (Å²) in [6, 6.07) is 5.47. The number of likely N-dealkylation sites (N-methyl/N-ethyl adjacent to an activating group) is 1. The Balaban J connectivity index is 2.62. The lowest BCUT2D eigenvalue weighted by Gasteiger charge is -2.15. The van der Waals surface area contributed by atoms with E-state index in [4.69, 9.17) is 9.47 Å². The fourth-order valence-corrected chi connectivity index (χ4v) is 1.75. The highest BCUT2D eigenvalue weighted by Crippen LogP contribution is 2.21. The molecule has 0 saturated heterocycles. The molecule has 1 aromatic carbocycles. The smallest absolute Gasteiger partial charge is 0.168 e. The molecule has 17 heavy (non-hydrogen) atoms. The molecule has 0 bridgehead atoms. The molecule has 0 aromatic heterocycles. The number of methoxy groups -OCH3 is 2. The molecule has 0 spiro atoms. The van der Waals surface area contributed by atoms with Gasteiger partial charge in [-0.15, -0.1) is 0 Å². The van der Waals surface area contributed by atoms with Crippen LogP contribution < -0.4 is 10.1 Å². The first-order valence-electron chi connectivity index (χ1n) is 5.70. The summed E-state index contributed by atoms with van der Waals surface area (Å²) in [5, 5.41) is 3.14. The molecule has 1 rings (SSSR count). The number of rotatable bonds is 7. The average Bonchev–Trinajstić information content (AvgIpc) is 2.36. The molecule has 0 fully saturated rings. The topological polar surface area (TPSA) is 30.5 Å². The van der Waals surface area contributed by atoms with Crippen LogP contribution in [-0.4, -0.2) is 33.9 Å². The number of halogens is 1. The van der Waals surface area contributed by atoms with E-state index in [2.05, 4.69) is 5.32 Å². The Morgan fingerprint density at radius 1 is 1.35 bits per heavy atom. The van der Waals surface area contributed by atoms with Gasteiger partial charge in [-0.3, -0.25) is 0 Å². The van der Waals surface area contributed by atoms with Gasteiger partial charge in [-0.2, -0.15) is 0 Å².